The molecule has 0 N–H and O–H groups in total. The van der Waals surface area contributed by atoms with Crippen molar-refractivity contribution in [2.45, 2.75) is 24.7 Å². The first-order valence-electron chi connectivity index (χ1n) is 6.87. The van der Waals surface area contributed by atoms with Crippen molar-refractivity contribution in [3.8, 4) is 0 Å². The van der Waals surface area contributed by atoms with Gasteiger partial charge in [0.1, 0.15) is 0 Å². The Kier molecular flexibility index (Phi) is 2.56. The second kappa shape index (κ2) is 4.28. The van der Waals surface area contributed by atoms with Gasteiger partial charge in [0, 0.05) is 10.6 Å². The van der Waals surface area contributed by atoms with Gasteiger partial charge in [0.2, 0.25) is 0 Å². The zero-order chi connectivity index (χ0) is 12.8. The molecule has 0 bridgehead atoms. The molecule has 1 aliphatic heterocycles. The quantitative estimate of drug-likeness (QED) is 0.648. The Labute approximate surface area is 118 Å². The zero-order valence-electron chi connectivity index (χ0n) is 11.1. The summed E-state index contributed by atoms with van der Waals surface area (Å²) in [6.45, 7) is 2.19. The van der Waals surface area contributed by atoms with Crippen LogP contribution < -0.4 is 0 Å². The Balaban J connectivity index is 1.94. The van der Waals surface area contributed by atoms with E-state index in [4.69, 9.17) is 0 Å². The summed E-state index contributed by atoms with van der Waals surface area (Å²) >= 11 is 2.00. The van der Waals surface area contributed by atoms with Gasteiger partial charge in [-0.05, 0) is 53.7 Å². The van der Waals surface area contributed by atoms with Crippen molar-refractivity contribution in [1.82, 2.24) is 0 Å². The largest absolute Gasteiger partial charge is 0.125 e. The second-order valence-corrected chi connectivity index (χ2v) is 6.53. The molecule has 0 radical (unpaired) electrons. The van der Waals surface area contributed by atoms with Crippen LogP contribution in [0.15, 0.2) is 47.4 Å². The summed E-state index contributed by atoms with van der Waals surface area (Å²) < 4.78 is 0. The summed E-state index contributed by atoms with van der Waals surface area (Å²) in [5, 5.41) is 0. The number of aryl methyl sites for hydroxylation is 1. The number of rotatable bonds is 0. The lowest BCUT2D eigenvalue weighted by molar-refractivity contribution is 1.25. The molecule has 0 nitrogen and oxygen atoms in total. The molecule has 1 aliphatic carbocycles. The van der Waals surface area contributed by atoms with E-state index < -0.39 is 0 Å². The summed E-state index contributed by atoms with van der Waals surface area (Å²) in [5.41, 5.74) is 9.02. The van der Waals surface area contributed by atoms with E-state index in [1.165, 1.54) is 39.3 Å². The van der Waals surface area contributed by atoms with Crippen molar-refractivity contribution >= 4 is 22.9 Å². The van der Waals surface area contributed by atoms with Gasteiger partial charge in [0.05, 0.1) is 0 Å². The van der Waals surface area contributed by atoms with Crippen LogP contribution in [0.3, 0.4) is 0 Å². The zero-order valence-corrected chi connectivity index (χ0v) is 11.9. The molecule has 1 heteroatoms. The van der Waals surface area contributed by atoms with Gasteiger partial charge < -0.3 is 0 Å². The van der Waals surface area contributed by atoms with E-state index in [1.54, 1.807) is 11.1 Å². The van der Waals surface area contributed by atoms with Crippen molar-refractivity contribution < 1.29 is 0 Å². The molecule has 1 heterocycles. The Morgan fingerprint density at radius 3 is 2.79 bits per heavy atom. The molecular formula is C18H16S. The SMILES string of the molecule is Cc1ccc2c(c1)C1=C(C2)c2ccccc2SCC1. The molecule has 0 saturated carbocycles. The van der Waals surface area contributed by atoms with E-state index in [9.17, 15) is 0 Å². The lowest BCUT2D eigenvalue weighted by atomic mass is 9.98. The molecule has 0 atom stereocenters. The van der Waals surface area contributed by atoms with Crippen LogP contribution in [-0.4, -0.2) is 5.75 Å². The van der Waals surface area contributed by atoms with Gasteiger partial charge in [0.25, 0.3) is 0 Å². The monoisotopic (exact) mass is 264 g/mol. The fourth-order valence-electron chi connectivity index (χ4n) is 3.23. The third-order valence-corrected chi connectivity index (χ3v) is 5.22. The predicted molar refractivity (Wildman–Crippen MR) is 83.5 cm³/mol. The molecule has 0 aromatic heterocycles. The maximum Gasteiger partial charge on any atom is 0.0147 e. The minimum absolute atomic E-state index is 1.11. The van der Waals surface area contributed by atoms with E-state index in [-0.39, 0.29) is 0 Å². The summed E-state index contributed by atoms with van der Waals surface area (Å²) in [4.78, 5) is 1.46. The molecule has 2 aromatic rings. The summed E-state index contributed by atoms with van der Waals surface area (Å²) in [6.07, 6.45) is 2.31. The molecule has 0 fully saturated rings. The van der Waals surface area contributed by atoms with Gasteiger partial charge in [0.15, 0.2) is 0 Å². The van der Waals surface area contributed by atoms with E-state index in [1.807, 2.05) is 11.8 Å². The molecule has 0 saturated heterocycles. The maximum absolute atomic E-state index is 2.37. The van der Waals surface area contributed by atoms with Crippen LogP contribution in [0.5, 0.6) is 0 Å². The highest BCUT2D eigenvalue weighted by Crippen LogP contribution is 2.46. The van der Waals surface area contributed by atoms with Crippen LogP contribution in [-0.2, 0) is 6.42 Å². The molecule has 19 heavy (non-hydrogen) atoms. The predicted octanol–water partition coefficient (Wildman–Crippen LogP) is 4.96. The Bertz CT molecular complexity index is 695. The summed E-state index contributed by atoms with van der Waals surface area (Å²) in [6, 6.07) is 15.8. The number of fused-ring (bicyclic) bond motifs is 4. The minimum Gasteiger partial charge on any atom is -0.125 e. The third-order valence-electron chi connectivity index (χ3n) is 4.14. The van der Waals surface area contributed by atoms with Crippen LogP contribution in [0.25, 0.3) is 11.1 Å². The lowest BCUT2D eigenvalue weighted by Crippen LogP contribution is -1.89. The number of allylic oxidation sites excluding steroid dienone is 2. The van der Waals surface area contributed by atoms with Crippen molar-refractivity contribution in [2.75, 3.05) is 5.75 Å². The smallest absolute Gasteiger partial charge is 0.0147 e. The molecule has 0 unspecified atom stereocenters. The highest BCUT2D eigenvalue weighted by atomic mass is 32.2. The first kappa shape index (κ1) is 11.4. The molecule has 94 valence electrons. The molecule has 4 rings (SSSR count). The fraction of sp³-hybridized carbons (Fsp3) is 0.222. The second-order valence-electron chi connectivity index (χ2n) is 5.39. The van der Waals surface area contributed by atoms with Crippen LogP contribution in [0.4, 0.5) is 0 Å². The minimum atomic E-state index is 1.11. The van der Waals surface area contributed by atoms with Gasteiger partial charge in [-0.25, -0.2) is 0 Å². The number of hydrogen-bond donors (Lipinski definition) is 0. The number of thioether (sulfide) groups is 1. The Morgan fingerprint density at radius 2 is 1.84 bits per heavy atom. The van der Waals surface area contributed by atoms with Gasteiger partial charge in [-0.15, -0.1) is 11.8 Å². The number of hydrogen-bond acceptors (Lipinski definition) is 1. The van der Waals surface area contributed by atoms with Crippen molar-refractivity contribution in [3.05, 3.63) is 64.7 Å². The highest BCUT2D eigenvalue weighted by Gasteiger charge is 2.25. The van der Waals surface area contributed by atoms with Crippen molar-refractivity contribution in [1.29, 1.82) is 0 Å². The van der Waals surface area contributed by atoms with Crippen LogP contribution in [0.2, 0.25) is 0 Å². The molecule has 0 amide bonds. The maximum atomic E-state index is 2.37. The standard InChI is InChI=1S/C18H16S/c1-12-6-7-13-11-17-14(16(13)10-12)8-9-19-18-5-3-2-4-15(17)18/h2-7,10H,8-9,11H2,1H3. The van der Waals surface area contributed by atoms with Gasteiger partial charge >= 0.3 is 0 Å². The van der Waals surface area contributed by atoms with E-state index >= 15 is 0 Å². The first-order chi connectivity index (χ1) is 9.33. The first-order valence-corrected chi connectivity index (χ1v) is 7.85. The summed E-state index contributed by atoms with van der Waals surface area (Å²) in [5.74, 6) is 1.20. The fourth-order valence-corrected chi connectivity index (χ4v) is 4.28. The highest BCUT2D eigenvalue weighted by molar-refractivity contribution is 7.99. The van der Waals surface area contributed by atoms with E-state index in [2.05, 4.69) is 49.4 Å². The molecule has 2 aromatic carbocycles. The van der Waals surface area contributed by atoms with Crippen LogP contribution in [0, 0.1) is 6.92 Å². The van der Waals surface area contributed by atoms with Crippen LogP contribution in [0.1, 0.15) is 28.7 Å². The van der Waals surface area contributed by atoms with Gasteiger partial charge in [-0.3, -0.25) is 0 Å². The summed E-state index contributed by atoms with van der Waals surface area (Å²) in [7, 11) is 0. The molecular weight excluding hydrogens is 248 g/mol. The lowest BCUT2D eigenvalue weighted by Gasteiger charge is -2.07. The van der Waals surface area contributed by atoms with Crippen molar-refractivity contribution in [3.63, 3.8) is 0 Å². The van der Waals surface area contributed by atoms with Crippen LogP contribution >= 0.6 is 11.8 Å². The van der Waals surface area contributed by atoms with E-state index in [0.29, 0.717) is 0 Å². The molecule has 0 spiro atoms. The topological polar surface area (TPSA) is 0 Å². The third kappa shape index (κ3) is 1.76. The normalized spacial score (nSPS) is 16.7. The van der Waals surface area contributed by atoms with Crippen molar-refractivity contribution in [2.24, 2.45) is 0 Å². The average Bonchev–Trinajstić information content (AvgIpc) is 2.67. The molecule has 2 aliphatic rings. The van der Waals surface area contributed by atoms with Gasteiger partial charge in [-0.1, -0.05) is 42.0 Å². The number of benzene rings is 2. The van der Waals surface area contributed by atoms with Gasteiger partial charge in [-0.2, -0.15) is 0 Å². The Morgan fingerprint density at radius 1 is 0.947 bits per heavy atom. The van der Waals surface area contributed by atoms with E-state index in [0.717, 1.165) is 6.42 Å². The Hall–Kier alpha value is -1.47. The average molecular weight is 264 g/mol.